The first kappa shape index (κ1) is 14.2. The third kappa shape index (κ3) is 3.64. The molecule has 0 bridgehead atoms. The number of hydrogen-bond acceptors (Lipinski definition) is 3. The molecule has 1 aliphatic carbocycles. The maximum absolute atomic E-state index is 13.7. The van der Waals surface area contributed by atoms with Crippen molar-refractivity contribution in [3.05, 3.63) is 29.6 Å². The predicted molar refractivity (Wildman–Crippen MR) is 81.0 cm³/mol. The van der Waals surface area contributed by atoms with Crippen LogP contribution in [0.1, 0.15) is 25.3 Å². The van der Waals surface area contributed by atoms with Gasteiger partial charge in [-0.3, -0.25) is 4.90 Å². The molecule has 5 heteroatoms. The standard InChI is InChI=1S/C14H20FN3S/c1-9(18(2)11-4-5-11)8-17-10-3-6-12(14(16)19)13(15)7-10/h3,6-7,9,11,17H,4-5,8H2,1-2H3,(H2,16,19). The van der Waals surface area contributed by atoms with E-state index in [1.54, 1.807) is 12.1 Å². The number of halogens is 1. The zero-order valence-corrected chi connectivity index (χ0v) is 12.1. The van der Waals surface area contributed by atoms with Crippen LogP contribution in [0.4, 0.5) is 10.1 Å². The molecule has 19 heavy (non-hydrogen) atoms. The van der Waals surface area contributed by atoms with Gasteiger partial charge in [-0.05, 0) is 45.0 Å². The van der Waals surface area contributed by atoms with Gasteiger partial charge in [-0.1, -0.05) is 12.2 Å². The molecular weight excluding hydrogens is 261 g/mol. The second-order valence-electron chi connectivity index (χ2n) is 5.19. The van der Waals surface area contributed by atoms with Crippen molar-refractivity contribution >= 4 is 22.9 Å². The van der Waals surface area contributed by atoms with E-state index < -0.39 is 0 Å². The highest BCUT2D eigenvalue weighted by Crippen LogP contribution is 2.27. The van der Waals surface area contributed by atoms with Gasteiger partial charge in [-0.15, -0.1) is 0 Å². The van der Waals surface area contributed by atoms with Crippen molar-refractivity contribution in [3.63, 3.8) is 0 Å². The van der Waals surface area contributed by atoms with Crippen LogP contribution in [-0.4, -0.2) is 35.6 Å². The van der Waals surface area contributed by atoms with Crippen LogP contribution >= 0.6 is 12.2 Å². The summed E-state index contributed by atoms with van der Waals surface area (Å²) < 4.78 is 13.7. The van der Waals surface area contributed by atoms with Crippen molar-refractivity contribution in [2.45, 2.75) is 31.8 Å². The van der Waals surface area contributed by atoms with E-state index in [2.05, 4.69) is 24.2 Å². The fourth-order valence-electron chi connectivity index (χ4n) is 2.08. The van der Waals surface area contributed by atoms with Crippen molar-refractivity contribution in [1.82, 2.24) is 4.90 Å². The minimum Gasteiger partial charge on any atom is -0.389 e. The Bertz CT molecular complexity index is 474. The molecule has 0 spiro atoms. The van der Waals surface area contributed by atoms with Gasteiger partial charge < -0.3 is 11.1 Å². The fourth-order valence-corrected chi connectivity index (χ4v) is 2.24. The van der Waals surface area contributed by atoms with Crippen LogP contribution in [0.15, 0.2) is 18.2 Å². The number of nitrogens with two attached hydrogens (primary N) is 1. The minimum absolute atomic E-state index is 0.0888. The van der Waals surface area contributed by atoms with Gasteiger partial charge in [0.2, 0.25) is 0 Å². The molecule has 0 aliphatic heterocycles. The third-order valence-corrected chi connectivity index (χ3v) is 3.87. The first-order valence-corrected chi connectivity index (χ1v) is 6.95. The van der Waals surface area contributed by atoms with Crippen molar-refractivity contribution in [1.29, 1.82) is 0 Å². The Balaban J connectivity index is 1.92. The van der Waals surface area contributed by atoms with E-state index in [-0.39, 0.29) is 10.8 Å². The molecule has 1 saturated carbocycles. The van der Waals surface area contributed by atoms with E-state index in [0.29, 0.717) is 11.6 Å². The summed E-state index contributed by atoms with van der Waals surface area (Å²) in [5.41, 5.74) is 6.48. The summed E-state index contributed by atoms with van der Waals surface area (Å²) in [5.74, 6) is -0.374. The number of nitrogens with zero attached hydrogens (tertiary/aromatic N) is 1. The Morgan fingerprint density at radius 3 is 2.79 bits per heavy atom. The highest BCUT2D eigenvalue weighted by atomic mass is 32.1. The molecule has 1 aromatic carbocycles. The highest BCUT2D eigenvalue weighted by Gasteiger charge is 2.28. The topological polar surface area (TPSA) is 41.3 Å². The molecule has 1 aromatic rings. The van der Waals surface area contributed by atoms with E-state index in [4.69, 9.17) is 18.0 Å². The second-order valence-corrected chi connectivity index (χ2v) is 5.63. The van der Waals surface area contributed by atoms with Crippen LogP contribution in [0.3, 0.4) is 0 Å². The van der Waals surface area contributed by atoms with Gasteiger partial charge in [0.1, 0.15) is 10.8 Å². The Morgan fingerprint density at radius 1 is 1.58 bits per heavy atom. The summed E-state index contributed by atoms with van der Waals surface area (Å²) in [6, 6.07) is 6.02. The SMILES string of the molecule is CC(CNc1ccc(C(N)=S)c(F)c1)N(C)C1CC1. The number of anilines is 1. The number of rotatable bonds is 6. The van der Waals surface area contributed by atoms with Gasteiger partial charge >= 0.3 is 0 Å². The van der Waals surface area contributed by atoms with Crippen LogP contribution in [-0.2, 0) is 0 Å². The molecule has 3 N–H and O–H groups in total. The molecule has 0 saturated heterocycles. The zero-order valence-electron chi connectivity index (χ0n) is 11.3. The molecule has 1 aliphatic rings. The van der Waals surface area contributed by atoms with Crippen LogP contribution in [0.25, 0.3) is 0 Å². The molecule has 0 amide bonds. The monoisotopic (exact) mass is 281 g/mol. The van der Waals surface area contributed by atoms with Crippen molar-refractivity contribution in [2.75, 3.05) is 18.9 Å². The minimum atomic E-state index is -0.374. The quantitative estimate of drug-likeness (QED) is 0.786. The number of hydrogen-bond donors (Lipinski definition) is 2. The smallest absolute Gasteiger partial charge is 0.135 e. The largest absolute Gasteiger partial charge is 0.389 e. The fraction of sp³-hybridized carbons (Fsp3) is 0.500. The summed E-state index contributed by atoms with van der Waals surface area (Å²) >= 11 is 4.78. The molecule has 0 aromatic heterocycles. The van der Waals surface area contributed by atoms with Gasteiger partial charge in [0.25, 0.3) is 0 Å². The number of nitrogens with one attached hydrogen (secondary N) is 1. The number of thiocarbonyl (C=S) groups is 1. The van der Waals surface area contributed by atoms with Gasteiger partial charge in [0.15, 0.2) is 0 Å². The maximum Gasteiger partial charge on any atom is 0.135 e. The Hall–Kier alpha value is -1.20. The van der Waals surface area contributed by atoms with Gasteiger partial charge in [0.05, 0.1) is 0 Å². The molecule has 1 unspecified atom stereocenters. The lowest BCUT2D eigenvalue weighted by Gasteiger charge is -2.25. The third-order valence-electron chi connectivity index (χ3n) is 3.65. The van der Waals surface area contributed by atoms with Crippen molar-refractivity contribution in [2.24, 2.45) is 5.73 Å². The van der Waals surface area contributed by atoms with Crippen molar-refractivity contribution < 1.29 is 4.39 Å². The lowest BCUT2D eigenvalue weighted by molar-refractivity contribution is 0.257. The predicted octanol–water partition coefficient (Wildman–Crippen LogP) is 2.35. The van der Waals surface area contributed by atoms with Crippen LogP contribution in [0.5, 0.6) is 0 Å². The molecular formula is C14H20FN3S. The van der Waals surface area contributed by atoms with Crippen LogP contribution in [0, 0.1) is 5.82 Å². The Labute approximate surface area is 119 Å². The summed E-state index contributed by atoms with van der Waals surface area (Å²) in [6.45, 7) is 2.96. The summed E-state index contributed by atoms with van der Waals surface area (Å²) in [5, 5.41) is 3.25. The van der Waals surface area contributed by atoms with Gasteiger partial charge in [0, 0.05) is 29.9 Å². The maximum atomic E-state index is 13.7. The Morgan fingerprint density at radius 2 is 2.26 bits per heavy atom. The van der Waals surface area contributed by atoms with E-state index in [0.717, 1.165) is 18.3 Å². The first-order chi connectivity index (χ1) is 8.99. The molecule has 3 nitrogen and oxygen atoms in total. The van der Waals surface area contributed by atoms with Crippen LogP contribution in [0.2, 0.25) is 0 Å². The van der Waals surface area contributed by atoms with Gasteiger partial charge in [-0.2, -0.15) is 0 Å². The van der Waals surface area contributed by atoms with E-state index >= 15 is 0 Å². The average molecular weight is 281 g/mol. The number of benzene rings is 1. The molecule has 0 radical (unpaired) electrons. The highest BCUT2D eigenvalue weighted by molar-refractivity contribution is 7.80. The number of likely N-dealkylation sites (N-methyl/N-ethyl adjacent to an activating group) is 1. The summed E-state index contributed by atoms with van der Waals surface area (Å²) in [7, 11) is 2.14. The van der Waals surface area contributed by atoms with Crippen molar-refractivity contribution in [3.8, 4) is 0 Å². The summed E-state index contributed by atoms with van der Waals surface area (Å²) in [6.07, 6.45) is 2.58. The molecule has 2 rings (SSSR count). The van der Waals surface area contributed by atoms with E-state index in [9.17, 15) is 4.39 Å². The zero-order chi connectivity index (χ0) is 14.0. The molecule has 0 heterocycles. The second kappa shape index (κ2) is 5.84. The lowest BCUT2D eigenvalue weighted by atomic mass is 10.2. The first-order valence-electron chi connectivity index (χ1n) is 6.54. The molecule has 1 fully saturated rings. The van der Waals surface area contributed by atoms with Gasteiger partial charge in [-0.25, -0.2) is 4.39 Å². The normalized spacial score (nSPS) is 16.4. The molecule has 104 valence electrons. The summed E-state index contributed by atoms with van der Waals surface area (Å²) in [4.78, 5) is 2.46. The average Bonchev–Trinajstić information content (AvgIpc) is 3.18. The lowest BCUT2D eigenvalue weighted by Crippen LogP contribution is -2.36. The Kier molecular flexibility index (Phi) is 4.37. The van der Waals surface area contributed by atoms with E-state index in [1.165, 1.54) is 18.9 Å². The van der Waals surface area contributed by atoms with Crippen LogP contribution < -0.4 is 11.1 Å². The van der Waals surface area contributed by atoms with E-state index in [1.807, 2.05) is 0 Å². The molecule has 1 atom stereocenters.